The van der Waals surface area contributed by atoms with Crippen LogP contribution in [-0.2, 0) is 26.1 Å². The van der Waals surface area contributed by atoms with Gasteiger partial charge in [0, 0.05) is 11.9 Å². The van der Waals surface area contributed by atoms with Gasteiger partial charge in [-0.2, -0.15) is 0 Å². The molecule has 27 heavy (non-hydrogen) atoms. The molecule has 0 spiro atoms. The van der Waals surface area contributed by atoms with Gasteiger partial charge in [-0.25, -0.2) is 0 Å². The van der Waals surface area contributed by atoms with Gasteiger partial charge in [0.25, 0.3) is 0 Å². The zero-order valence-electron chi connectivity index (χ0n) is 13.1. The first-order valence-electron chi connectivity index (χ1n) is 4.01. The molecular weight excluding hydrogens is 531 g/mol. The number of carboxylic acid groups (broad SMARTS) is 2. The number of carbonyl (C=O) groups is 2. The number of hydrogen-bond donors (Lipinski definition) is 0. The molecule has 0 rings (SSSR count). The quantitative estimate of drug-likeness (QED) is 0.161. The summed E-state index contributed by atoms with van der Waals surface area (Å²) in [5.41, 5.74) is 0. The predicted molar refractivity (Wildman–Crippen MR) is 74.3 cm³/mol. The molecule has 0 atom stereocenters. The first-order chi connectivity index (χ1) is 10.4. The molecule has 0 saturated carbocycles. The van der Waals surface area contributed by atoms with E-state index in [4.69, 9.17) is 81.1 Å². The first-order valence-corrected chi connectivity index (χ1v) is 4.01. The van der Waals surface area contributed by atoms with Gasteiger partial charge < -0.3 is 81.1 Å². The molecule has 23 heteroatoms. The average molecular weight is 537 g/mol. The SMILES string of the molecule is CC(=O)[O-].CC(=O)[O-].O=[N+]([O-])[O-].O=[N+]([O-])[O-].O=[N+]([O-])[O-].O=[N+]([O-])[O-].[Mg+2].[Ni+2].[Sr+2]. The molecule has 0 fully saturated rings. The van der Waals surface area contributed by atoms with Crippen molar-refractivity contribution in [2.45, 2.75) is 13.8 Å². The molecule has 0 amide bonds. The maximum Gasteiger partial charge on any atom is 2.00 e. The normalized spacial score (nSPS) is 5.41. The molecule has 0 radical (unpaired) electrons. The van der Waals surface area contributed by atoms with Crippen molar-refractivity contribution in [3.8, 4) is 0 Å². The minimum absolute atomic E-state index is 0. The summed E-state index contributed by atoms with van der Waals surface area (Å²) in [4.78, 5) is 50.8. The van der Waals surface area contributed by atoms with Crippen LogP contribution < -0.4 is 10.2 Å². The van der Waals surface area contributed by atoms with E-state index < -0.39 is 32.3 Å². The van der Waals surface area contributed by atoms with E-state index in [0.29, 0.717) is 0 Å². The summed E-state index contributed by atoms with van der Waals surface area (Å²) in [6, 6.07) is 0. The predicted octanol–water partition coefficient (Wildman–Crippen LogP) is -4.21. The molecule has 0 unspecified atom stereocenters. The molecule has 152 valence electrons. The smallest absolute Gasteiger partial charge is 0.550 e. The summed E-state index contributed by atoms with van der Waals surface area (Å²) in [7, 11) is 0. The van der Waals surface area contributed by atoms with E-state index >= 15 is 0 Å². The van der Waals surface area contributed by atoms with Crippen molar-refractivity contribution < 1.29 is 56.6 Å². The average Bonchev–Trinajstić information content (AvgIpc) is 2.08. The third-order valence-electron chi connectivity index (χ3n) is 0. The summed E-state index contributed by atoms with van der Waals surface area (Å²) in [6.45, 7) is 1.94. The van der Waals surface area contributed by atoms with Crippen LogP contribution in [0.4, 0.5) is 0 Å². The van der Waals surface area contributed by atoms with Crippen LogP contribution in [0, 0.1) is 61.3 Å². The molecule has 20 nitrogen and oxygen atoms in total. The maximum absolute atomic E-state index is 8.89. The molecule has 0 heterocycles. The number of aliphatic carboxylic acids is 2. The van der Waals surface area contributed by atoms with Crippen LogP contribution in [0.1, 0.15) is 13.8 Å². The fourth-order valence-corrected chi connectivity index (χ4v) is 0. The van der Waals surface area contributed by atoms with Crippen molar-refractivity contribution in [1.82, 2.24) is 0 Å². The summed E-state index contributed by atoms with van der Waals surface area (Å²) in [5, 5.41) is 76.8. The van der Waals surface area contributed by atoms with Gasteiger partial charge in [-0.3, -0.25) is 0 Å². The van der Waals surface area contributed by atoms with Crippen molar-refractivity contribution >= 4 is 80.5 Å². The number of carboxylic acids is 2. The molecule has 0 aromatic rings. The Hall–Kier alpha value is -1.52. The van der Waals surface area contributed by atoms with Crippen LogP contribution in [0.2, 0.25) is 0 Å². The van der Waals surface area contributed by atoms with Gasteiger partial charge in [0.15, 0.2) is 0 Å². The van der Waals surface area contributed by atoms with Crippen LogP contribution in [-0.4, -0.2) is 101 Å². The summed E-state index contributed by atoms with van der Waals surface area (Å²) < 4.78 is 0. The molecule has 0 aliphatic rings. The first kappa shape index (κ1) is 56.2. The summed E-state index contributed by atoms with van der Waals surface area (Å²) in [6.07, 6.45) is 0. The monoisotopic (exact) mass is 536 g/mol. The molecule has 0 aliphatic carbocycles. The van der Waals surface area contributed by atoms with Gasteiger partial charge in [0.2, 0.25) is 0 Å². The van der Waals surface area contributed by atoms with E-state index in [1.807, 2.05) is 0 Å². The number of nitrogens with zero attached hydrogens (tertiary/aromatic N) is 4. The standard InChI is InChI=1S/2C2H4O2.Mg.4NO3.Ni.Sr/c2*1-2(3)4;;4*2-1(3)4;;/h2*1H3,(H,3,4);;;;;;;/q;;+2;4*-1;2*+2/p-2. The van der Waals surface area contributed by atoms with Crippen LogP contribution in [0.15, 0.2) is 0 Å². The van der Waals surface area contributed by atoms with Crippen LogP contribution in [0.3, 0.4) is 0 Å². The van der Waals surface area contributed by atoms with Crippen LogP contribution in [0.25, 0.3) is 0 Å². The third kappa shape index (κ3) is 5360. The number of rotatable bonds is 0. The second kappa shape index (κ2) is 49.7. The second-order valence-corrected chi connectivity index (χ2v) is 1.88. The largest absolute Gasteiger partial charge is 2.00 e. The van der Waals surface area contributed by atoms with Crippen molar-refractivity contribution in [1.29, 1.82) is 0 Å². The second-order valence-electron chi connectivity index (χ2n) is 1.88. The topological polar surface area (TPSA) is 345 Å². The van der Waals surface area contributed by atoms with Gasteiger partial charge in [-0.05, 0) is 13.8 Å². The minimum Gasteiger partial charge on any atom is -0.550 e. The Morgan fingerprint density at radius 2 is 0.556 bits per heavy atom. The summed E-state index contributed by atoms with van der Waals surface area (Å²) >= 11 is 0. The Kier molecular flexibility index (Phi) is 103. The van der Waals surface area contributed by atoms with E-state index in [1.54, 1.807) is 0 Å². The van der Waals surface area contributed by atoms with Gasteiger partial charge in [0.05, 0.1) is 20.3 Å². The van der Waals surface area contributed by atoms with Gasteiger partial charge in [-0.1, -0.05) is 0 Å². The van der Waals surface area contributed by atoms with Gasteiger partial charge in [0.1, 0.15) is 0 Å². The maximum atomic E-state index is 8.89. The molecule has 0 bridgehead atoms. The third-order valence-corrected chi connectivity index (χ3v) is 0. The zero-order valence-corrected chi connectivity index (χ0v) is 18.9. The fraction of sp³-hybridized carbons (Fsp3) is 0.500. The molecule has 0 saturated heterocycles. The van der Waals surface area contributed by atoms with E-state index in [-0.39, 0.29) is 85.0 Å². The number of carbonyl (C=O) groups excluding carboxylic acids is 2. The van der Waals surface area contributed by atoms with Crippen LogP contribution in [0.5, 0.6) is 0 Å². The van der Waals surface area contributed by atoms with Crippen molar-refractivity contribution in [2.75, 3.05) is 0 Å². The Balaban J connectivity index is -0.0000000201. The van der Waals surface area contributed by atoms with E-state index in [0.717, 1.165) is 13.8 Å². The fourth-order valence-electron chi connectivity index (χ4n) is 0. The number of hydrogen-bond acceptors (Lipinski definition) is 16. The minimum atomic E-state index is -1.75. The van der Waals surface area contributed by atoms with Crippen molar-refractivity contribution in [2.24, 2.45) is 0 Å². The molecular formula is C4H6MgN4NiO16Sr. The molecule has 0 aromatic heterocycles. The summed E-state index contributed by atoms with van der Waals surface area (Å²) in [5.74, 6) is -2.17. The van der Waals surface area contributed by atoms with Gasteiger partial charge in [-0.15, -0.1) is 0 Å². The Bertz CT molecular complexity index is 280. The van der Waals surface area contributed by atoms with Crippen molar-refractivity contribution in [3.63, 3.8) is 0 Å². The van der Waals surface area contributed by atoms with Crippen LogP contribution >= 0.6 is 0 Å². The zero-order chi connectivity index (χ0) is 21.5. The molecule has 0 aliphatic heterocycles. The van der Waals surface area contributed by atoms with Crippen molar-refractivity contribution in [3.05, 3.63) is 61.3 Å². The van der Waals surface area contributed by atoms with E-state index in [1.165, 1.54) is 0 Å². The Morgan fingerprint density at radius 1 is 0.556 bits per heavy atom. The van der Waals surface area contributed by atoms with E-state index in [2.05, 4.69) is 0 Å². The van der Waals surface area contributed by atoms with Gasteiger partial charge >= 0.3 is 85.0 Å². The molecule has 0 N–H and O–H groups in total. The Labute approximate surface area is 210 Å². The Morgan fingerprint density at radius 3 is 0.556 bits per heavy atom. The van der Waals surface area contributed by atoms with E-state index in [9.17, 15) is 0 Å². The molecule has 0 aromatic carbocycles.